The van der Waals surface area contributed by atoms with Gasteiger partial charge in [-0.05, 0) is 37.1 Å². The Kier molecular flexibility index (Phi) is 7.21. The van der Waals surface area contributed by atoms with Gasteiger partial charge in [0.15, 0.2) is 0 Å². The van der Waals surface area contributed by atoms with E-state index in [1.54, 1.807) is 6.07 Å². The van der Waals surface area contributed by atoms with E-state index < -0.39 is 23.0 Å². The van der Waals surface area contributed by atoms with Crippen LogP contribution in [0.3, 0.4) is 0 Å². The van der Waals surface area contributed by atoms with E-state index in [0.717, 1.165) is 24.9 Å². The van der Waals surface area contributed by atoms with Crippen molar-refractivity contribution in [3.63, 3.8) is 0 Å². The summed E-state index contributed by atoms with van der Waals surface area (Å²) >= 11 is 0. The van der Waals surface area contributed by atoms with Crippen molar-refractivity contribution in [3.8, 4) is 0 Å². The van der Waals surface area contributed by atoms with E-state index in [2.05, 4.69) is 12.2 Å². The molecular weight excluding hydrogens is 298 g/mol. The fraction of sp³-hybridized carbons (Fsp3) is 0.571. The molecule has 0 aliphatic carbocycles. The molecule has 1 aromatic rings. The smallest absolute Gasteiger partial charge is 0.251 e. The summed E-state index contributed by atoms with van der Waals surface area (Å²) in [5, 5.41) is 3.33. The van der Waals surface area contributed by atoms with Gasteiger partial charge in [-0.2, -0.15) is 0 Å². The zero-order valence-corrected chi connectivity index (χ0v) is 13.1. The molecule has 0 radical (unpaired) electrons. The lowest BCUT2D eigenvalue weighted by molar-refractivity contribution is 0.153. The standard InChI is InChI=1S/C14H22F2N2O2S/c1-3-8-17-13(4-2)11-6-5-7-12(9-11)21(19,20)18-10-14(15)16/h5-7,9,13-14,17-18H,3-4,8,10H2,1-2H3. The number of benzene rings is 1. The Balaban J connectivity index is 2.93. The molecule has 2 N–H and O–H groups in total. The highest BCUT2D eigenvalue weighted by molar-refractivity contribution is 7.89. The highest BCUT2D eigenvalue weighted by Gasteiger charge is 2.18. The Morgan fingerprint density at radius 1 is 1.24 bits per heavy atom. The Labute approximate surface area is 125 Å². The monoisotopic (exact) mass is 320 g/mol. The van der Waals surface area contributed by atoms with E-state index in [0.29, 0.717) is 0 Å². The van der Waals surface area contributed by atoms with Gasteiger partial charge in [-0.25, -0.2) is 21.9 Å². The average molecular weight is 320 g/mol. The molecule has 0 bridgehead atoms. The van der Waals surface area contributed by atoms with E-state index in [4.69, 9.17) is 0 Å². The third kappa shape index (κ3) is 5.68. The first-order valence-electron chi connectivity index (χ1n) is 7.01. The number of hydrogen-bond donors (Lipinski definition) is 2. The molecule has 7 heteroatoms. The van der Waals surface area contributed by atoms with Crippen LogP contribution in [-0.4, -0.2) is 27.9 Å². The van der Waals surface area contributed by atoms with E-state index in [1.165, 1.54) is 12.1 Å². The molecule has 4 nitrogen and oxygen atoms in total. The van der Waals surface area contributed by atoms with E-state index in [-0.39, 0.29) is 10.9 Å². The molecule has 0 saturated carbocycles. The number of hydrogen-bond acceptors (Lipinski definition) is 3. The predicted octanol–water partition coefficient (Wildman–Crippen LogP) is 2.68. The third-order valence-corrected chi connectivity index (χ3v) is 4.47. The molecule has 120 valence electrons. The number of nitrogens with one attached hydrogen (secondary N) is 2. The van der Waals surface area contributed by atoms with E-state index in [9.17, 15) is 17.2 Å². The second kappa shape index (κ2) is 8.41. The first-order valence-corrected chi connectivity index (χ1v) is 8.50. The summed E-state index contributed by atoms with van der Waals surface area (Å²) in [5.41, 5.74) is 0.839. The molecule has 0 aliphatic heterocycles. The van der Waals surface area contributed by atoms with E-state index >= 15 is 0 Å². The van der Waals surface area contributed by atoms with Gasteiger partial charge in [0.1, 0.15) is 0 Å². The van der Waals surface area contributed by atoms with Crippen LogP contribution >= 0.6 is 0 Å². The van der Waals surface area contributed by atoms with Crippen molar-refractivity contribution in [3.05, 3.63) is 29.8 Å². The van der Waals surface area contributed by atoms with Crippen molar-refractivity contribution in [2.24, 2.45) is 0 Å². The van der Waals surface area contributed by atoms with E-state index in [1.807, 2.05) is 17.7 Å². The molecule has 0 heterocycles. The molecule has 0 amide bonds. The van der Waals surface area contributed by atoms with Crippen LogP contribution in [0.2, 0.25) is 0 Å². The SMILES string of the molecule is CCCNC(CC)c1cccc(S(=O)(=O)NCC(F)F)c1. The van der Waals surface area contributed by atoms with Gasteiger partial charge in [-0.3, -0.25) is 0 Å². The second-order valence-electron chi connectivity index (χ2n) is 4.73. The first-order chi connectivity index (χ1) is 9.90. The Hall–Kier alpha value is -1.05. The summed E-state index contributed by atoms with van der Waals surface area (Å²) in [7, 11) is -3.90. The lowest BCUT2D eigenvalue weighted by Crippen LogP contribution is -2.29. The Bertz CT molecular complexity index is 536. The summed E-state index contributed by atoms with van der Waals surface area (Å²) in [4.78, 5) is 0.0115. The first kappa shape index (κ1) is 18.0. The molecule has 0 aromatic heterocycles. The molecule has 1 unspecified atom stereocenters. The van der Waals surface area contributed by atoms with Crippen LogP contribution in [0.1, 0.15) is 38.3 Å². The fourth-order valence-corrected chi connectivity index (χ4v) is 3.03. The van der Waals surface area contributed by atoms with Gasteiger partial charge in [0.05, 0.1) is 11.4 Å². The number of halogens is 2. The van der Waals surface area contributed by atoms with Gasteiger partial charge >= 0.3 is 0 Å². The molecule has 1 aromatic carbocycles. The molecule has 0 aliphatic rings. The van der Waals surface area contributed by atoms with Crippen molar-refractivity contribution < 1.29 is 17.2 Å². The van der Waals surface area contributed by atoms with Crippen molar-refractivity contribution in [1.82, 2.24) is 10.0 Å². The van der Waals surface area contributed by atoms with Gasteiger partial charge in [0.25, 0.3) is 6.43 Å². The number of sulfonamides is 1. The summed E-state index contributed by atoms with van der Waals surface area (Å²) in [6.45, 7) is 4.01. The van der Waals surface area contributed by atoms with Crippen LogP contribution in [0.25, 0.3) is 0 Å². The average Bonchev–Trinajstić information content (AvgIpc) is 2.46. The maximum atomic E-state index is 12.1. The quantitative estimate of drug-likeness (QED) is 0.735. The molecule has 1 atom stereocenters. The van der Waals surface area contributed by atoms with Gasteiger partial charge < -0.3 is 5.32 Å². The minimum absolute atomic E-state index is 0.0115. The largest absolute Gasteiger partial charge is 0.310 e. The third-order valence-electron chi connectivity index (χ3n) is 3.05. The highest BCUT2D eigenvalue weighted by atomic mass is 32.2. The number of alkyl halides is 2. The lowest BCUT2D eigenvalue weighted by atomic mass is 10.0. The van der Waals surface area contributed by atoms with Crippen LogP contribution in [-0.2, 0) is 10.0 Å². The maximum absolute atomic E-state index is 12.1. The highest BCUT2D eigenvalue weighted by Crippen LogP contribution is 2.20. The molecule has 0 fully saturated rings. The van der Waals surface area contributed by atoms with Crippen molar-refractivity contribution in [2.45, 2.75) is 44.1 Å². The zero-order chi connectivity index (χ0) is 15.9. The minimum Gasteiger partial charge on any atom is -0.310 e. The Morgan fingerprint density at radius 2 is 1.95 bits per heavy atom. The summed E-state index contributed by atoms with van der Waals surface area (Å²) in [5.74, 6) is 0. The predicted molar refractivity (Wildman–Crippen MR) is 79.0 cm³/mol. The lowest BCUT2D eigenvalue weighted by Gasteiger charge is -2.18. The Morgan fingerprint density at radius 3 is 2.52 bits per heavy atom. The summed E-state index contributed by atoms with van der Waals surface area (Å²) < 4.78 is 50.1. The van der Waals surface area contributed by atoms with Gasteiger partial charge in [-0.1, -0.05) is 26.0 Å². The minimum atomic E-state index is -3.90. The van der Waals surface area contributed by atoms with Gasteiger partial charge in [0.2, 0.25) is 10.0 Å². The van der Waals surface area contributed by atoms with Crippen LogP contribution < -0.4 is 10.0 Å². The summed E-state index contributed by atoms with van der Waals surface area (Å²) in [6, 6.07) is 6.45. The van der Waals surface area contributed by atoms with Crippen LogP contribution in [0, 0.1) is 0 Å². The van der Waals surface area contributed by atoms with Crippen LogP contribution in [0.5, 0.6) is 0 Å². The molecular formula is C14H22F2N2O2S. The molecule has 0 saturated heterocycles. The zero-order valence-electron chi connectivity index (χ0n) is 12.3. The van der Waals surface area contributed by atoms with Gasteiger partial charge in [-0.15, -0.1) is 0 Å². The maximum Gasteiger partial charge on any atom is 0.251 e. The van der Waals surface area contributed by atoms with Crippen molar-refractivity contribution in [2.75, 3.05) is 13.1 Å². The van der Waals surface area contributed by atoms with Crippen LogP contribution in [0.4, 0.5) is 8.78 Å². The topological polar surface area (TPSA) is 58.2 Å². The molecule has 0 spiro atoms. The van der Waals surface area contributed by atoms with Crippen molar-refractivity contribution >= 4 is 10.0 Å². The molecule has 1 rings (SSSR count). The van der Waals surface area contributed by atoms with Crippen LogP contribution in [0.15, 0.2) is 29.2 Å². The normalized spacial score (nSPS) is 13.6. The fourth-order valence-electron chi connectivity index (χ4n) is 1.97. The molecule has 21 heavy (non-hydrogen) atoms. The van der Waals surface area contributed by atoms with Gasteiger partial charge in [0, 0.05) is 6.04 Å². The summed E-state index contributed by atoms with van der Waals surface area (Å²) in [6.07, 6.45) is -0.921. The second-order valence-corrected chi connectivity index (χ2v) is 6.50. The van der Waals surface area contributed by atoms with Crippen molar-refractivity contribution in [1.29, 1.82) is 0 Å². The number of rotatable bonds is 9.